The van der Waals surface area contributed by atoms with E-state index in [4.69, 9.17) is 0 Å². The Balaban J connectivity index is 1.31. The minimum atomic E-state index is 0.0821. The third-order valence-electron chi connectivity index (χ3n) is 5.81. The van der Waals surface area contributed by atoms with E-state index < -0.39 is 0 Å². The first kappa shape index (κ1) is 16.2. The summed E-state index contributed by atoms with van der Waals surface area (Å²) in [6.07, 6.45) is 6.08. The number of hydrogen-bond donors (Lipinski definition) is 0. The quantitative estimate of drug-likeness (QED) is 0.699. The first-order valence-electron chi connectivity index (χ1n) is 9.49. The fourth-order valence-electron chi connectivity index (χ4n) is 4.33. The fourth-order valence-corrected chi connectivity index (χ4v) is 4.33. The second-order valence-corrected chi connectivity index (χ2v) is 7.33. The summed E-state index contributed by atoms with van der Waals surface area (Å²) in [4.78, 5) is 26.1. The van der Waals surface area contributed by atoms with E-state index in [1.54, 1.807) is 11.0 Å². The van der Waals surface area contributed by atoms with Crippen LogP contribution < -0.4 is 9.80 Å². The summed E-state index contributed by atoms with van der Waals surface area (Å²) >= 11 is 0. The molecule has 0 bridgehead atoms. The molecule has 2 aromatic heterocycles. The lowest BCUT2D eigenvalue weighted by Gasteiger charge is -2.34. The van der Waals surface area contributed by atoms with Crippen LogP contribution in [0.3, 0.4) is 0 Å². The van der Waals surface area contributed by atoms with Gasteiger partial charge in [-0.15, -0.1) is 0 Å². The third kappa shape index (κ3) is 2.65. The van der Waals surface area contributed by atoms with Gasteiger partial charge in [-0.3, -0.25) is 9.48 Å². The van der Waals surface area contributed by atoms with Crippen molar-refractivity contribution in [3.8, 4) is 0 Å². The van der Waals surface area contributed by atoms with Crippen LogP contribution in [-0.2, 0) is 18.3 Å². The molecule has 1 amide bonds. The van der Waals surface area contributed by atoms with Crippen LogP contribution in [0.15, 0.2) is 36.8 Å². The monoisotopic (exact) mass is 362 g/mol. The molecule has 0 saturated carbocycles. The predicted molar refractivity (Wildman–Crippen MR) is 104 cm³/mol. The maximum Gasteiger partial charge on any atom is 0.230 e. The molecular formula is C20H22N6O. The van der Waals surface area contributed by atoms with Crippen LogP contribution in [0.2, 0.25) is 0 Å². The zero-order chi connectivity index (χ0) is 18.4. The van der Waals surface area contributed by atoms with Crippen molar-refractivity contribution in [3.05, 3.63) is 42.4 Å². The molecule has 3 aromatic rings. The van der Waals surface area contributed by atoms with Crippen molar-refractivity contribution < 1.29 is 4.79 Å². The number of amides is 1. The van der Waals surface area contributed by atoms with E-state index in [0.29, 0.717) is 0 Å². The number of nitrogens with zero attached hydrogens (tertiary/aromatic N) is 6. The minimum absolute atomic E-state index is 0.0821. The zero-order valence-electron chi connectivity index (χ0n) is 15.4. The molecule has 7 heteroatoms. The Morgan fingerprint density at radius 2 is 1.93 bits per heavy atom. The van der Waals surface area contributed by atoms with Crippen molar-refractivity contribution in [3.63, 3.8) is 0 Å². The zero-order valence-corrected chi connectivity index (χ0v) is 15.4. The molecule has 0 N–H and O–H groups in total. The number of aryl methyl sites for hydroxylation is 1. The number of hydrogen-bond acceptors (Lipinski definition) is 5. The highest BCUT2D eigenvalue weighted by Gasteiger charge is 2.33. The van der Waals surface area contributed by atoms with Gasteiger partial charge in [0, 0.05) is 38.3 Å². The average molecular weight is 362 g/mol. The number of carbonyl (C=O) groups excluding carboxylic acids is 1. The summed E-state index contributed by atoms with van der Waals surface area (Å²) in [5.74, 6) is 1.28. The molecule has 1 saturated heterocycles. The summed E-state index contributed by atoms with van der Waals surface area (Å²) in [5.41, 5.74) is 3.22. The summed E-state index contributed by atoms with van der Waals surface area (Å²) < 4.78 is 1.77. The van der Waals surface area contributed by atoms with Crippen molar-refractivity contribution in [1.82, 2.24) is 19.7 Å². The van der Waals surface area contributed by atoms with Gasteiger partial charge in [-0.2, -0.15) is 5.10 Å². The van der Waals surface area contributed by atoms with Gasteiger partial charge in [0.05, 0.1) is 11.6 Å². The topological polar surface area (TPSA) is 67.2 Å². The molecule has 2 aliphatic heterocycles. The van der Waals surface area contributed by atoms with Crippen LogP contribution in [-0.4, -0.2) is 45.3 Å². The van der Waals surface area contributed by atoms with E-state index >= 15 is 0 Å². The summed E-state index contributed by atoms with van der Waals surface area (Å²) in [5, 5.41) is 5.27. The van der Waals surface area contributed by atoms with Gasteiger partial charge in [-0.05, 0) is 30.9 Å². The van der Waals surface area contributed by atoms with Gasteiger partial charge < -0.3 is 9.80 Å². The van der Waals surface area contributed by atoms with Gasteiger partial charge in [-0.25, -0.2) is 9.97 Å². The molecule has 0 unspecified atom stereocenters. The largest absolute Gasteiger partial charge is 0.356 e. The van der Waals surface area contributed by atoms with Crippen LogP contribution in [0, 0.1) is 5.92 Å². The van der Waals surface area contributed by atoms with E-state index in [2.05, 4.69) is 32.1 Å². The lowest BCUT2D eigenvalue weighted by Crippen LogP contribution is -2.42. The van der Waals surface area contributed by atoms with Crippen LogP contribution in [0.1, 0.15) is 18.4 Å². The first-order chi connectivity index (χ1) is 13.2. The van der Waals surface area contributed by atoms with Gasteiger partial charge in [0.2, 0.25) is 5.91 Å². The lowest BCUT2D eigenvalue weighted by molar-refractivity contribution is -0.122. The van der Waals surface area contributed by atoms with Gasteiger partial charge in [-0.1, -0.05) is 18.2 Å². The number of rotatable bonds is 2. The highest BCUT2D eigenvalue weighted by molar-refractivity contribution is 5.97. The molecule has 0 spiro atoms. The lowest BCUT2D eigenvalue weighted by atomic mass is 9.95. The van der Waals surface area contributed by atoms with Gasteiger partial charge in [0.1, 0.15) is 12.1 Å². The Bertz CT molecular complexity index is 1000. The molecule has 4 heterocycles. The molecule has 0 radical (unpaired) electrons. The Morgan fingerprint density at radius 1 is 1.11 bits per heavy atom. The number of fused-ring (bicyclic) bond motifs is 2. The number of benzene rings is 1. The van der Waals surface area contributed by atoms with E-state index in [1.165, 1.54) is 5.56 Å². The molecule has 0 aliphatic carbocycles. The number of para-hydroxylation sites is 1. The summed E-state index contributed by atoms with van der Waals surface area (Å²) in [7, 11) is 1.89. The van der Waals surface area contributed by atoms with Gasteiger partial charge >= 0.3 is 0 Å². The molecule has 0 atom stereocenters. The molecule has 1 fully saturated rings. The van der Waals surface area contributed by atoms with E-state index in [1.807, 2.05) is 30.3 Å². The SMILES string of the molecule is Cn1ncc2c(N3CCC(C(=O)N4CCc5ccccc54)CC3)ncnc21. The van der Waals surface area contributed by atoms with Crippen molar-refractivity contribution in [2.24, 2.45) is 13.0 Å². The number of piperidine rings is 1. The predicted octanol–water partition coefficient (Wildman–Crippen LogP) is 2.17. The van der Waals surface area contributed by atoms with Crippen molar-refractivity contribution >= 4 is 28.4 Å². The number of aromatic nitrogens is 4. The molecular weight excluding hydrogens is 340 g/mol. The van der Waals surface area contributed by atoms with Crippen molar-refractivity contribution in [2.75, 3.05) is 29.4 Å². The van der Waals surface area contributed by atoms with Crippen LogP contribution in [0.25, 0.3) is 11.0 Å². The minimum Gasteiger partial charge on any atom is -0.356 e. The maximum absolute atomic E-state index is 13.1. The molecule has 138 valence electrons. The normalized spacial score (nSPS) is 17.5. The molecule has 27 heavy (non-hydrogen) atoms. The smallest absolute Gasteiger partial charge is 0.230 e. The first-order valence-corrected chi connectivity index (χ1v) is 9.49. The summed E-state index contributed by atoms with van der Waals surface area (Å²) in [6, 6.07) is 8.25. The van der Waals surface area contributed by atoms with Crippen LogP contribution >= 0.6 is 0 Å². The molecule has 2 aliphatic rings. The molecule has 5 rings (SSSR count). The Morgan fingerprint density at radius 3 is 2.78 bits per heavy atom. The van der Waals surface area contributed by atoms with E-state index in [9.17, 15) is 4.79 Å². The second kappa shape index (κ2) is 6.33. The highest BCUT2D eigenvalue weighted by Crippen LogP contribution is 2.32. The van der Waals surface area contributed by atoms with E-state index in [-0.39, 0.29) is 11.8 Å². The standard InChI is InChI=1S/C20H22N6O/c1-24-18-16(12-23-24)19(22-13-21-18)25-9-6-15(7-10-25)20(27)26-11-8-14-4-2-3-5-17(14)26/h2-5,12-13,15H,6-11H2,1H3. The number of carbonyl (C=O) groups is 1. The molecule has 7 nitrogen and oxygen atoms in total. The average Bonchev–Trinajstić information content (AvgIpc) is 3.32. The number of anilines is 2. The van der Waals surface area contributed by atoms with Crippen molar-refractivity contribution in [2.45, 2.75) is 19.3 Å². The molecule has 1 aromatic carbocycles. The van der Waals surface area contributed by atoms with E-state index in [0.717, 1.165) is 61.4 Å². The fraction of sp³-hybridized carbons (Fsp3) is 0.400. The second-order valence-electron chi connectivity index (χ2n) is 7.33. The Labute approximate surface area is 157 Å². The Kier molecular flexibility index (Phi) is 3.81. The van der Waals surface area contributed by atoms with Crippen LogP contribution in [0.5, 0.6) is 0 Å². The van der Waals surface area contributed by atoms with Crippen molar-refractivity contribution in [1.29, 1.82) is 0 Å². The van der Waals surface area contributed by atoms with Gasteiger partial charge in [0.15, 0.2) is 5.65 Å². The Hall–Kier alpha value is -2.96. The van der Waals surface area contributed by atoms with Crippen LogP contribution in [0.4, 0.5) is 11.5 Å². The maximum atomic E-state index is 13.1. The highest BCUT2D eigenvalue weighted by atomic mass is 16.2. The third-order valence-corrected chi connectivity index (χ3v) is 5.81. The summed E-state index contributed by atoms with van der Waals surface area (Å²) in [6.45, 7) is 2.46. The van der Waals surface area contributed by atoms with Gasteiger partial charge in [0.25, 0.3) is 0 Å².